The second kappa shape index (κ2) is 7.22. The largest absolute Gasteiger partial charge is 0.478 e. The van der Waals surface area contributed by atoms with Crippen molar-refractivity contribution in [3.05, 3.63) is 57.3 Å². The SMILES string of the molecule is CCc1ccc(CNCCc2ccccc2C(=O)O)s1. The molecule has 4 heteroatoms. The smallest absolute Gasteiger partial charge is 0.335 e. The number of rotatable bonds is 7. The predicted octanol–water partition coefficient (Wildman–Crippen LogP) is 3.34. The molecule has 0 aliphatic heterocycles. The Hall–Kier alpha value is -1.65. The average Bonchev–Trinajstić information content (AvgIpc) is 2.92. The molecular weight excluding hydrogens is 270 g/mol. The quantitative estimate of drug-likeness (QED) is 0.769. The normalized spacial score (nSPS) is 10.7. The number of nitrogens with one attached hydrogen (secondary N) is 1. The number of hydrogen-bond donors (Lipinski definition) is 2. The summed E-state index contributed by atoms with van der Waals surface area (Å²) in [5, 5.41) is 12.5. The van der Waals surface area contributed by atoms with Crippen LogP contribution in [0.2, 0.25) is 0 Å². The van der Waals surface area contributed by atoms with Gasteiger partial charge in [0, 0.05) is 16.3 Å². The minimum absolute atomic E-state index is 0.402. The van der Waals surface area contributed by atoms with Crippen molar-refractivity contribution in [3.63, 3.8) is 0 Å². The van der Waals surface area contributed by atoms with Gasteiger partial charge in [-0.15, -0.1) is 11.3 Å². The number of benzene rings is 1. The number of carbonyl (C=O) groups is 1. The number of carboxylic acid groups (broad SMARTS) is 1. The molecule has 1 aromatic carbocycles. The minimum Gasteiger partial charge on any atom is -0.478 e. The van der Waals surface area contributed by atoms with Gasteiger partial charge in [-0.25, -0.2) is 4.79 Å². The van der Waals surface area contributed by atoms with Gasteiger partial charge in [0.15, 0.2) is 0 Å². The number of aryl methyl sites for hydroxylation is 1. The van der Waals surface area contributed by atoms with Crippen LogP contribution >= 0.6 is 11.3 Å². The minimum atomic E-state index is -0.855. The Morgan fingerprint density at radius 3 is 2.65 bits per heavy atom. The molecule has 2 N–H and O–H groups in total. The molecule has 1 aromatic heterocycles. The molecule has 0 unspecified atom stereocenters. The second-order valence-corrected chi connectivity index (χ2v) is 5.86. The van der Waals surface area contributed by atoms with E-state index >= 15 is 0 Å². The van der Waals surface area contributed by atoms with Crippen LogP contribution in [-0.2, 0) is 19.4 Å². The van der Waals surface area contributed by atoms with Crippen molar-refractivity contribution in [1.29, 1.82) is 0 Å². The molecular formula is C16H19NO2S. The van der Waals surface area contributed by atoms with E-state index in [-0.39, 0.29) is 0 Å². The molecule has 106 valence electrons. The van der Waals surface area contributed by atoms with Crippen LogP contribution in [0.1, 0.15) is 32.6 Å². The summed E-state index contributed by atoms with van der Waals surface area (Å²) >= 11 is 1.83. The molecule has 0 fully saturated rings. The van der Waals surface area contributed by atoms with Gasteiger partial charge in [-0.2, -0.15) is 0 Å². The van der Waals surface area contributed by atoms with Gasteiger partial charge in [0.05, 0.1) is 5.56 Å². The molecule has 3 nitrogen and oxygen atoms in total. The Labute approximate surface area is 123 Å². The molecule has 0 bridgehead atoms. The molecule has 0 aliphatic carbocycles. The van der Waals surface area contributed by atoms with E-state index in [1.807, 2.05) is 23.5 Å². The molecule has 0 atom stereocenters. The van der Waals surface area contributed by atoms with Gasteiger partial charge in [0.25, 0.3) is 0 Å². The highest BCUT2D eigenvalue weighted by Gasteiger charge is 2.08. The molecule has 0 radical (unpaired) electrons. The highest BCUT2D eigenvalue weighted by molar-refractivity contribution is 7.11. The van der Waals surface area contributed by atoms with E-state index in [1.165, 1.54) is 9.75 Å². The Bertz CT molecular complexity index is 577. The zero-order valence-electron chi connectivity index (χ0n) is 11.6. The lowest BCUT2D eigenvalue weighted by Gasteiger charge is -2.06. The number of aromatic carboxylic acids is 1. The lowest BCUT2D eigenvalue weighted by molar-refractivity contribution is 0.0695. The van der Waals surface area contributed by atoms with Crippen molar-refractivity contribution < 1.29 is 9.90 Å². The van der Waals surface area contributed by atoms with Crippen molar-refractivity contribution in [2.45, 2.75) is 26.3 Å². The predicted molar refractivity (Wildman–Crippen MR) is 82.5 cm³/mol. The van der Waals surface area contributed by atoms with E-state index in [1.54, 1.807) is 12.1 Å². The van der Waals surface area contributed by atoms with Gasteiger partial charge in [-0.1, -0.05) is 25.1 Å². The van der Waals surface area contributed by atoms with Crippen LogP contribution in [0, 0.1) is 0 Å². The lowest BCUT2D eigenvalue weighted by atomic mass is 10.0. The van der Waals surface area contributed by atoms with Crippen LogP contribution in [-0.4, -0.2) is 17.6 Å². The summed E-state index contributed by atoms with van der Waals surface area (Å²) in [4.78, 5) is 13.8. The first kappa shape index (κ1) is 14.8. The van der Waals surface area contributed by atoms with Crippen molar-refractivity contribution in [3.8, 4) is 0 Å². The third-order valence-corrected chi connectivity index (χ3v) is 4.41. The van der Waals surface area contributed by atoms with E-state index in [9.17, 15) is 4.79 Å². The first-order chi connectivity index (χ1) is 9.70. The Morgan fingerprint density at radius 1 is 1.20 bits per heavy atom. The van der Waals surface area contributed by atoms with Crippen LogP contribution in [0.4, 0.5) is 0 Å². The number of carboxylic acids is 1. The number of hydrogen-bond acceptors (Lipinski definition) is 3. The molecule has 0 amide bonds. The Morgan fingerprint density at radius 2 is 1.95 bits per heavy atom. The molecule has 2 aromatic rings. The summed E-state index contributed by atoms with van der Waals surface area (Å²) in [6.07, 6.45) is 1.81. The molecule has 0 spiro atoms. The zero-order chi connectivity index (χ0) is 14.4. The summed E-state index contributed by atoms with van der Waals surface area (Å²) in [7, 11) is 0. The van der Waals surface area contributed by atoms with Gasteiger partial charge < -0.3 is 10.4 Å². The van der Waals surface area contributed by atoms with Gasteiger partial charge in [0.1, 0.15) is 0 Å². The van der Waals surface area contributed by atoms with Crippen molar-refractivity contribution >= 4 is 17.3 Å². The summed E-state index contributed by atoms with van der Waals surface area (Å²) in [6.45, 7) is 3.79. The third kappa shape index (κ3) is 3.92. The monoisotopic (exact) mass is 289 g/mol. The molecule has 0 saturated heterocycles. The fourth-order valence-electron chi connectivity index (χ4n) is 2.09. The van der Waals surface area contributed by atoms with Crippen molar-refractivity contribution in [2.24, 2.45) is 0 Å². The second-order valence-electron chi connectivity index (χ2n) is 4.61. The van der Waals surface area contributed by atoms with Crippen molar-refractivity contribution in [2.75, 3.05) is 6.54 Å². The van der Waals surface area contributed by atoms with Crippen LogP contribution in [0.3, 0.4) is 0 Å². The highest BCUT2D eigenvalue weighted by Crippen LogP contribution is 2.16. The maximum Gasteiger partial charge on any atom is 0.335 e. The molecule has 0 aliphatic rings. The van der Waals surface area contributed by atoms with Gasteiger partial charge >= 0.3 is 5.97 Å². The third-order valence-electron chi connectivity index (χ3n) is 3.18. The standard InChI is InChI=1S/C16H19NO2S/c1-2-13-7-8-14(20-13)11-17-10-9-12-5-3-4-6-15(12)16(18)19/h3-8,17H,2,9-11H2,1H3,(H,18,19). The zero-order valence-corrected chi connectivity index (χ0v) is 12.4. The van der Waals surface area contributed by atoms with Crippen LogP contribution in [0.25, 0.3) is 0 Å². The Kier molecular flexibility index (Phi) is 5.32. The fraction of sp³-hybridized carbons (Fsp3) is 0.312. The highest BCUT2D eigenvalue weighted by atomic mass is 32.1. The van der Waals surface area contributed by atoms with Crippen molar-refractivity contribution in [1.82, 2.24) is 5.32 Å². The fourth-order valence-corrected chi connectivity index (χ4v) is 3.02. The van der Waals surface area contributed by atoms with E-state index < -0.39 is 5.97 Å². The van der Waals surface area contributed by atoms with E-state index in [4.69, 9.17) is 5.11 Å². The van der Waals surface area contributed by atoms with Gasteiger partial charge in [-0.3, -0.25) is 0 Å². The van der Waals surface area contributed by atoms with Crippen LogP contribution in [0.15, 0.2) is 36.4 Å². The summed E-state index contributed by atoms with van der Waals surface area (Å²) in [5.41, 5.74) is 1.28. The molecule has 0 saturated carbocycles. The number of thiophene rings is 1. The van der Waals surface area contributed by atoms with E-state index in [0.717, 1.165) is 31.5 Å². The van der Waals surface area contributed by atoms with Gasteiger partial charge in [0.2, 0.25) is 0 Å². The maximum absolute atomic E-state index is 11.1. The average molecular weight is 289 g/mol. The summed E-state index contributed by atoms with van der Waals surface area (Å²) in [6, 6.07) is 11.5. The van der Waals surface area contributed by atoms with E-state index in [2.05, 4.69) is 24.4 Å². The van der Waals surface area contributed by atoms with Crippen LogP contribution < -0.4 is 5.32 Å². The van der Waals surface area contributed by atoms with Crippen LogP contribution in [0.5, 0.6) is 0 Å². The first-order valence-electron chi connectivity index (χ1n) is 6.80. The summed E-state index contributed by atoms with van der Waals surface area (Å²) in [5.74, 6) is -0.855. The topological polar surface area (TPSA) is 49.3 Å². The Balaban J connectivity index is 1.83. The lowest BCUT2D eigenvalue weighted by Crippen LogP contribution is -2.17. The summed E-state index contributed by atoms with van der Waals surface area (Å²) < 4.78 is 0. The van der Waals surface area contributed by atoms with Gasteiger partial charge in [-0.05, 0) is 43.1 Å². The van der Waals surface area contributed by atoms with E-state index in [0.29, 0.717) is 5.56 Å². The maximum atomic E-state index is 11.1. The molecule has 20 heavy (non-hydrogen) atoms. The first-order valence-corrected chi connectivity index (χ1v) is 7.62. The molecule has 1 heterocycles. The molecule has 2 rings (SSSR count).